The van der Waals surface area contributed by atoms with Gasteiger partial charge in [0.05, 0.1) is 5.75 Å². The van der Waals surface area contributed by atoms with Gasteiger partial charge in [-0.15, -0.1) is 0 Å². The summed E-state index contributed by atoms with van der Waals surface area (Å²) in [7, 11) is -3.13. The molecule has 1 aliphatic rings. The van der Waals surface area contributed by atoms with Crippen LogP contribution in [0.4, 0.5) is 5.95 Å². The standard InChI is InChI=1S/C12H17N5O2S/c1-3-20(18,19)17-6-4-16(5-7-17)12-14-10(2)8-11(9-13)15-12/h8H,3-7H2,1-2H3. The van der Waals surface area contributed by atoms with E-state index < -0.39 is 10.0 Å². The third kappa shape index (κ3) is 3.05. The first-order valence-corrected chi connectivity index (χ1v) is 8.05. The van der Waals surface area contributed by atoms with Crippen LogP contribution in [0.5, 0.6) is 0 Å². The lowest BCUT2D eigenvalue weighted by Gasteiger charge is -2.33. The van der Waals surface area contributed by atoms with E-state index in [-0.39, 0.29) is 5.75 Å². The van der Waals surface area contributed by atoms with Crippen LogP contribution in [-0.2, 0) is 10.0 Å². The summed E-state index contributed by atoms with van der Waals surface area (Å²) in [6.45, 7) is 5.38. The van der Waals surface area contributed by atoms with E-state index >= 15 is 0 Å². The average Bonchev–Trinajstić information content (AvgIpc) is 2.46. The Hall–Kier alpha value is -1.72. The van der Waals surface area contributed by atoms with E-state index in [2.05, 4.69) is 9.97 Å². The molecule has 0 radical (unpaired) electrons. The molecule has 1 aromatic heterocycles. The first-order chi connectivity index (χ1) is 9.46. The maximum atomic E-state index is 11.8. The fourth-order valence-electron chi connectivity index (χ4n) is 2.10. The van der Waals surface area contributed by atoms with Gasteiger partial charge in [-0.1, -0.05) is 0 Å². The monoisotopic (exact) mass is 295 g/mol. The molecule has 0 bridgehead atoms. The maximum absolute atomic E-state index is 11.8. The summed E-state index contributed by atoms with van der Waals surface area (Å²) >= 11 is 0. The normalized spacial score (nSPS) is 16.9. The SMILES string of the molecule is CCS(=O)(=O)N1CCN(c2nc(C)cc(C#N)n2)CC1. The van der Waals surface area contributed by atoms with Gasteiger partial charge >= 0.3 is 0 Å². The number of aryl methyl sites for hydroxylation is 1. The van der Waals surface area contributed by atoms with Crippen molar-refractivity contribution in [2.75, 3.05) is 36.8 Å². The van der Waals surface area contributed by atoms with Crippen LogP contribution < -0.4 is 4.90 Å². The summed E-state index contributed by atoms with van der Waals surface area (Å²) in [5.74, 6) is 0.613. The van der Waals surface area contributed by atoms with Crippen LogP contribution in [0.2, 0.25) is 0 Å². The summed E-state index contributed by atoms with van der Waals surface area (Å²) in [4.78, 5) is 10.4. The second-order valence-corrected chi connectivity index (χ2v) is 6.85. The quantitative estimate of drug-likeness (QED) is 0.787. The molecule has 1 aromatic rings. The Morgan fingerprint density at radius 3 is 2.50 bits per heavy atom. The lowest BCUT2D eigenvalue weighted by atomic mass is 10.3. The highest BCUT2D eigenvalue weighted by Crippen LogP contribution is 2.14. The van der Waals surface area contributed by atoms with Crippen LogP contribution in [0, 0.1) is 18.3 Å². The minimum atomic E-state index is -3.13. The molecule has 108 valence electrons. The Balaban J connectivity index is 2.12. The predicted molar refractivity (Wildman–Crippen MR) is 74.7 cm³/mol. The van der Waals surface area contributed by atoms with Gasteiger partial charge in [0.25, 0.3) is 0 Å². The van der Waals surface area contributed by atoms with Crippen molar-refractivity contribution >= 4 is 16.0 Å². The minimum Gasteiger partial charge on any atom is -0.338 e. The van der Waals surface area contributed by atoms with Crippen LogP contribution >= 0.6 is 0 Å². The van der Waals surface area contributed by atoms with E-state index in [4.69, 9.17) is 5.26 Å². The molecule has 8 heteroatoms. The van der Waals surface area contributed by atoms with Crippen LogP contribution in [0.25, 0.3) is 0 Å². The average molecular weight is 295 g/mol. The fraction of sp³-hybridized carbons (Fsp3) is 0.583. The van der Waals surface area contributed by atoms with Gasteiger partial charge in [-0.2, -0.15) is 9.57 Å². The van der Waals surface area contributed by atoms with Crippen LogP contribution in [0.3, 0.4) is 0 Å². The van der Waals surface area contributed by atoms with Gasteiger partial charge in [-0.05, 0) is 19.9 Å². The molecule has 2 heterocycles. The summed E-state index contributed by atoms with van der Waals surface area (Å²) < 4.78 is 25.1. The Morgan fingerprint density at radius 1 is 1.30 bits per heavy atom. The van der Waals surface area contributed by atoms with Gasteiger partial charge < -0.3 is 4.90 Å². The molecule has 0 aliphatic carbocycles. The highest BCUT2D eigenvalue weighted by molar-refractivity contribution is 7.89. The molecule has 7 nitrogen and oxygen atoms in total. The van der Waals surface area contributed by atoms with Gasteiger partial charge in [0, 0.05) is 31.9 Å². The minimum absolute atomic E-state index is 0.118. The Morgan fingerprint density at radius 2 is 1.95 bits per heavy atom. The highest BCUT2D eigenvalue weighted by Gasteiger charge is 2.26. The van der Waals surface area contributed by atoms with Crippen molar-refractivity contribution < 1.29 is 8.42 Å². The van der Waals surface area contributed by atoms with Gasteiger partial charge in [0.1, 0.15) is 11.8 Å². The molecule has 20 heavy (non-hydrogen) atoms. The third-order valence-electron chi connectivity index (χ3n) is 3.24. The summed E-state index contributed by atoms with van der Waals surface area (Å²) in [5.41, 5.74) is 1.06. The van der Waals surface area contributed by atoms with Gasteiger partial charge in [0.2, 0.25) is 16.0 Å². The van der Waals surface area contributed by atoms with Gasteiger partial charge in [0.15, 0.2) is 0 Å². The Bertz CT molecular complexity index is 630. The number of rotatable bonds is 3. The molecule has 0 saturated carbocycles. The second-order valence-electron chi connectivity index (χ2n) is 4.59. The number of aromatic nitrogens is 2. The summed E-state index contributed by atoms with van der Waals surface area (Å²) in [6, 6.07) is 3.63. The first kappa shape index (κ1) is 14.7. The number of anilines is 1. The number of piperazine rings is 1. The molecule has 1 fully saturated rings. The second kappa shape index (κ2) is 5.73. The van der Waals surface area contributed by atoms with E-state index in [0.717, 1.165) is 5.69 Å². The number of nitrogens with zero attached hydrogens (tertiary/aromatic N) is 5. The zero-order valence-electron chi connectivity index (χ0n) is 11.6. The zero-order chi connectivity index (χ0) is 14.8. The van der Waals surface area contributed by atoms with Crippen molar-refractivity contribution in [2.45, 2.75) is 13.8 Å². The van der Waals surface area contributed by atoms with Crippen LogP contribution in [0.15, 0.2) is 6.07 Å². The van der Waals surface area contributed by atoms with E-state index in [1.807, 2.05) is 17.9 Å². The first-order valence-electron chi connectivity index (χ1n) is 6.45. The lowest BCUT2D eigenvalue weighted by Crippen LogP contribution is -2.49. The Kier molecular flexibility index (Phi) is 4.20. The van der Waals surface area contributed by atoms with E-state index in [1.54, 1.807) is 13.0 Å². The number of hydrogen-bond donors (Lipinski definition) is 0. The van der Waals surface area contributed by atoms with E-state index in [1.165, 1.54) is 4.31 Å². The molecular weight excluding hydrogens is 278 g/mol. The fourth-order valence-corrected chi connectivity index (χ4v) is 3.19. The number of hydrogen-bond acceptors (Lipinski definition) is 6. The van der Waals surface area contributed by atoms with Crippen molar-refractivity contribution in [3.8, 4) is 6.07 Å². The van der Waals surface area contributed by atoms with Gasteiger partial charge in [-0.3, -0.25) is 0 Å². The lowest BCUT2D eigenvalue weighted by molar-refractivity contribution is 0.383. The molecule has 2 rings (SSSR count). The number of sulfonamides is 1. The van der Waals surface area contributed by atoms with Crippen molar-refractivity contribution in [1.29, 1.82) is 5.26 Å². The van der Waals surface area contributed by atoms with E-state index in [0.29, 0.717) is 37.8 Å². The molecule has 0 unspecified atom stereocenters. The zero-order valence-corrected chi connectivity index (χ0v) is 12.4. The van der Waals surface area contributed by atoms with Gasteiger partial charge in [-0.25, -0.2) is 18.4 Å². The molecular formula is C12H17N5O2S. The molecule has 1 aliphatic heterocycles. The maximum Gasteiger partial charge on any atom is 0.226 e. The molecule has 0 spiro atoms. The van der Waals surface area contributed by atoms with Crippen molar-refractivity contribution in [3.05, 3.63) is 17.5 Å². The smallest absolute Gasteiger partial charge is 0.226 e. The molecule has 0 aromatic carbocycles. The highest BCUT2D eigenvalue weighted by atomic mass is 32.2. The molecule has 0 atom stereocenters. The predicted octanol–water partition coefficient (Wildman–Crippen LogP) is 0.128. The van der Waals surface area contributed by atoms with Crippen LogP contribution in [0.1, 0.15) is 18.3 Å². The van der Waals surface area contributed by atoms with Crippen LogP contribution in [-0.4, -0.2) is 54.6 Å². The largest absolute Gasteiger partial charge is 0.338 e. The van der Waals surface area contributed by atoms with Crippen molar-refractivity contribution in [1.82, 2.24) is 14.3 Å². The van der Waals surface area contributed by atoms with Crippen molar-refractivity contribution in [3.63, 3.8) is 0 Å². The van der Waals surface area contributed by atoms with Crippen molar-refractivity contribution in [2.24, 2.45) is 0 Å². The summed E-state index contributed by atoms with van der Waals surface area (Å²) in [5, 5.41) is 8.92. The molecule has 0 N–H and O–H groups in total. The van der Waals surface area contributed by atoms with E-state index in [9.17, 15) is 8.42 Å². The number of nitriles is 1. The molecule has 1 saturated heterocycles. The Labute approximate surface area is 118 Å². The topological polar surface area (TPSA) is 90.2 Å². The molecule has 0 amide bonds. The summed E-state index contributed by atoms with van der Waals surface area (Å²) in [6.07, 6.45) is 0. The third-order valence-corrected chi connectivity index (χ3v) is 5.12.